The lowest BCUT2D eigenvalue weighted by atomic mass is 9.96. The van der Waals surface area contributed by atoms with Crippen molar-refractivity contribution in [3.05, 3.63) is 64.1 Å². The number of carbonyl (C=O) groups excluding carboxylic acids is 3. The van der Waals surface area contributed by atoms with Crippen molar-refractivity contribution in [3.8, 4) is 0 Å². The molecule has 2 aromatic rings. The number of methoxy groups -OCH3 is 1. The summed E-state index contributed by atoms with van der Waals surface area (Å²) in [6, 6.07) is 14.3. The quantitative estimate of drug-likeness (QED) is 0.603. The number of benzene rings is 2. The van der Waals surface area contributed by atoms with Crippen LogP contribution in [0.2, 0.25) is 0 Å². The van der Waals surface area contributed by atoms with Gasteiger partial charge < -0.3 is 14.4 Å². The van der Waals surface area contributed by atoms with Gasteiger partial charge in [0.2, 0.25) is 11.6 Å². The number of hydrogen-bond acceptors (Lipinski definition) is 5. The van der Waals surface area contributed by atoms with Crippen molar-refractivity contribution in [2.75, 3.05) is 25.2 Å². The maximum atomic E-state index is 13.5. The van der Waals surface area contributed by atoms with E-state index >= 15 is 0 Å². The van der Waals surface area contributed by atoms with Crippen LogP contribution in [0.4, 0.5) is 5.69 Å². The lowest BCUT2D eigenvalue weighted by Crippen LogP contribution is -2.68. The summed E-state index contributed by atoms with van der Waals surface area (Å²) in [4.78, 5) is 42.5. The van der Waals surface area contributed by atoms with E-state index in [1.54, 1.807) is 24.3 Å². The molecule has 2 amide bonds. The predicted octanol–water partition coefficient (Wildman–Crippen LogP) is 3.12. The van der Waals surface area contributed by atoms with Crippen molar-refractivity contribution in [2.24, 2.45) is 0 Å². The summed E-state index contributed by atoms with van der Waals surface area (Å²) in [5.74, 6) is -1.14. The van der Waals surface area contributed by atoms with E-state index in [0.717, 1.165) is 10.0 Å². The molecule has 7 nitrogen and oxygen atoms in total. The molecule has 0 bridgehead atoms. The van der Waals surface area contributed by atoms with Gasteiger partial charge in [0.25, 0.3) is 5.91 Å². The smallest absolute Gasteiger partial charge is 0.354 e. The molecule has 8 heteroatoms. The lowest BCUT2D eigenvalue weighted by molar-refractivity contribution is -0.159. The van der Waals surface area contributed by atoms with Crippen LogP contribution in [0, 0.1) is 0 Å². The van der Waals surface area contributed by atoms with Gasteiger partial charge in [0.15, 0.2) is 0 Å². The topological polar surface area (TPSA) is 76.2 Å². The molecule has 0 radical (unpaired) electrons. The standard InChI is InChI=1S/C22H21BrN2O5/c1-29-13-12-24-20(27)17-4-2-3-5-18(17)25-19(26)10-11-22(24,25)21(28)30-14-15-6-8-16(23)9-7-15/h2-9H,10-14H2,1H3. The van der Waals surface area contributed by atoms with E-state index in [2.05, 4.69) is 15.9 Å². The molecule has 156 valence electrons. The highest BCUT2D eigenvalue weighted by atomic mass is 79.9. The van der Waals surface area contributed by atoms with Gasteiger partial charge in [-0.05, 0) is 29.8 Å². The molecule has 1 unspecified atom stereocenters. The zero-order valence-corrected chi connectivity index (χ0v) is 18.1. The van der Waals surface area contributed by atoms with E-state index in [0.29, 0.717) is 11.3 Å². The highest BCUT2D eigenvalue weighted by Crippen LogP contribution is 2.45. The van der Waals surface area contributed by atoms with E-state index in [1.165, 1.54) is 16.9 Å². The molecule has 2 heterocycles. The van der Waals surface area contributed by atoms with Gasteiger partial charge in [0, 0.05) is 31.0 Å². The number of halogens is 1. The molecule has 2 aliphatic heterocycles. The van der Waals surface area contributed by atoms with Gasteiger partial charge in [-0.15, -0.1) is 0 Å². The van der Waals surface area contributed by atoms with Gasteiger partial charge in [-0.2, -0.15) is 0 Å². The molecule has 1 fully saturated rings. The number of esters is 1. The minimum absolute atomic E-state index is 0.0455. The minimum Gasteiger partial charge on any atom is -0.458 e. The van der Waals surface area contributed by atoms with Crippen molar-refractivity contribution in [3.63, 3.8) is 0 Å². The molecular formula is C22H21BrN2O5. The first-order chi connectivity index (χ1) is 14.5. The van der Waals surface area contributed by atoms with Crippen molar-refractivity contribution in [2.45, 2.75) is 25.1 Å². The second-order valence-corrected chi connectivity index (χ2v) is 8.13. The van der Waals surface area contributed by atoms with Crippen molar-refractivity contribution in [1.82, 2.24) is 4.90 Å². The summed E-state index contributed by atoms with van der Waals surface area (Å²) in [6.45, 7) is 0.447. The Bertz CT molecular complexity index is 993. The molecule has 1 atom stereocenters. The Balaban J connectivity index is 1.72. The normalized spacial score (nSPS) is 20.2. The average molecular weight is 473 g/mol. The zero-order chi connectivity index (χ0) is 21.3. The highest BCUT2D eigenvalue weighted by molar-refractivity contribution is 9.10. The molecule has 4 rings (SSSR count). The van der Waals surface area contributed by atoms with Crippen LogP contribution in [-0.2, 0) is 25.7 Å². The summed E-state index contributed by atoms with van der Waals surface area (Å²) >= 11 is 3.38. The number of ether oxygens (including phenoxy) is 2. The Labute approximate surface area is 182 Å². The number of anilines is 1. The van der Waals surface area contributed by atoms with E-state index in [4.69, 9.17) is 9.47 Å². The Morgan fingerprint density at radius 3 is 2.60 bits per heavy atom. The number of hydrogen-bond donors (Lipinski definition) is 0. The number of para-hydroxylation sites is 1. The third-order valence-electron chi connectivity index (χ3n) is 5.50. The fourth-order valence-electron chi connectivity index (χ4n) is 4.08. The number of nitrogens with zero attached hydrogens (tertiary/aromatic N) is 2. The summed E-state index contributed by atoms with van der Waals surface area (Å²) in [7, 11) is 1.53. The average Bonchev–Trinajstić information content (AvgIpc) is 3.11. The van der Waals surface area contributed by atoms with Crippen LogP contribution >= 0.6 is 15.9 Å². The molecule has 0 saturated carbocycles. The second-order valence-electron chi connectivity index (χ2n) is 7.22. The highest BCUT2D eigenvalue weighted by Gasteiger charge is 2.61. The Morgan fingerprint density at radius 2 is 1.87 bits per heavy atom. The lowest BCUT2D eigenvalue weighted by Gasteiger charge is -2.48. The van der Waals surface area contributed by atoms with Crippen LogP contribution in [0.1, 0.15) is 28.8 Å². The Hall–Kier alpha value is -2.71. The van der Waals surface area contributed by atoms with E-state index in [9.17, 15) is 14.4 Å². The van der Waals surface area contributed by atoms with Gasteiger partial charge in [0.1, 0.15) is 6.61 Å². The minimum atomic E-state index is -1.50. The Morgan fingerprint density at radius 1 is 1.13 bits per heavy atom. The first-order valence-electron chi connectivity index (χ1n) is 9.63. The van der Waals surface area contributed by atoms with Crippen LogP contribution in [0.3, 0.4) is 0 Å². The number of carbonyl (C=O) groups is 3. The largest absolute Gasteiger partial charge is 0.458 e. The van der Waals surface area contributed by atoms with Gasteiger partial charge >= 0.3 is 5.97 Å². The van der Waals surface area contributed by atoms with Gasteiger partial charge in [0.05, 0.1) is 17.9 Å². The van der Waals surface area contributed by atoms with E-state index in [-0.39, 0.29) is 44.4 Å². The fraction of sp³-hybridized carbons (Fsp3) is 0.318. The van der Waals surface area contributed by atoms with Crippen LogP contribution in [0.15, 0.2) is 53.0 Å². The second kappa shape index (κ2) is 8.20. The monoisotopic (exact) mass is 472 g/mol. The molecule has 1 saturated heterocycles. The van der Waals surface area contributed by atoms with Crippen LogP contribution < -0.4 is 4.90 Å². The summed E-state index contributed by atoms with van der Waals surface area (Å²) in [6.07, 6.45) is 0.327. The van der Waals surface area contributed by atoms with Gasteiger partial charge in [-0.3, -0.25) is 14.5 Å². The SMILES string of the molecule is COCCN1C(=O)c2ccccc2N2C(=O)CCC12C(=O)OCc1ccc(Br)cc1. The van der Waals surface area contributed by atoms with Crippen LogP contribution in [0.25, 0.3) is 0 Å². The molecule has 2 aromatic carbocycles. The van der Waals surface area contributed by atoms with Gasteiger partial charge in [-0.25, -0.2) is 4.79 Å². The van der Waals surface area contributed by atoms with Crippen LogP contribution in [0.5, 0.6) is 0 Å². The molecule has 0 N–H and O–H groups in total. The van der Waals surface area contributed by atoms with Crippen molar-refractivity contribution in [1.29, 1.82) is 0 Å². The molecule has 0 aliphatic carbocycles. The van der Waals surface area contributed by atoms with E-state index < -0.39 is 11.6 Å². The molecule has 0 spiro atoms. The third-order valence-corrected chi connectivity index (χ3v) is 6.03. The predicted molar refractivity (Wildman–Crippen MR) is 113 cm³/mol. The first kappa shape index (κ1) is 20.6. The number of rotatable bonds is 6. The fourth-order valence-corrected chi connectivity index (χ4v) is 4.35. The third kappa shape index (κ3) is 3.30. The summed E-state index contributed by atoms with van der Waals surface area (Å²) < 4.78 is 11.7. The zero-order valence-electron chi connectivity index (χ0n) is 16.5. The first-order valence-corrected chi connectivity index (χ1v) is 10.4. The van der Waals surface area contributed by atoms with Gasteiger partial charge in [-0.1, -0.05) is 40.2 Å². The number of fused-ring (bicyclic) bond motifs is 3. The van der Waals surface area contributed by atoms with E-state index in [1.807, 2.05) is 24.3 Å². The Kier molecular flexibility index (Phi) is 5.62. The molecular weight excluding hydrogens is 452 g/mol. The molecule has 2 aliphatic rings. The number of amides is 2. The molecule has 30 heavy (non-hydrogen) atoms. The van der Waals surface area contributed by atoms with Crippen LogP contribution in [-0.4, -0.2) is 48.6 Å². The van der Waals surface area contributed by atoms with Crippen molar-refractivity contribution >= 4 is 39.4 Å². The summed E-state index contributed by atoms with van der Waals surface area (Å²) in [5, 5.41) is 0. The summed E-state index contributed by atoms with van der Waals surface area (Å²) in [5.41, 5.74) is 0.139. The molecule has 0 aromatic heterocycles. The van der Waals surface area contributed by atoms with Crippen molar-refractivity contribution < 1.29 is 23.9 Å². The maximum absolute atomic E-state index is 13.5. The maximum Gasteiger partial charge on any atom is 0.354 e.